The van der Waals surface area contributed by atoms with Crippen LogP contribution in [0.3, 0.4) is 0 Å². The molecule has 1 N–H and O–H groups in total. The Morgan fingerprint density at radius 3 is 2.74 bits per heavy atom. The number of carbonyl (C=O) groups is 1. The molecule has 1 aromatic carbocycles. The Balaban J connectivity index is 2.18. The predicted molar refractivity (Wildman–Crippen MR) is 62.1 cm³/mol. The van der Waals surface area contributed by atoms with E-state index < -0.39 is 23.3 Å². The normalized spacial score (nSPS) is 10.3. The van der Waals surface area contributed by atoms with Crippen molar-refractivity contribution in [3.8, 4) is 0 Å². The van der Waals surface area contributed by atoms with E-state index in [1.807, 2.05) is 0 Å². The SMILES string of the molecule is CCOC(=O)c1coc(Nc2c(F)cccc2F)n1. The fourth-order valence-corrected chi connectivity index (χ4v) is 1.35. The van der Waals surface area contributed by atoms with Gasteiger partial charge in [-0.1, -0.05) is 6.07 Å². The zero-order valence-corrected chi connectivity index (χ0v) is 9.94. The Morgan fingerprint density at radius 1 is 1.42 bits per heavy atom. The number of anilines is 2. The maximum absolute atomic E-state index is 13.4. The minimum Gasteiger partial charge on any atom is -0.461 e. The van der Waals surface area contributed by atoms with Crippen LogP contribution in [0.1, 0.15) is 17.4 Å². The Bertz CT molecular complexity index is 578. The summed E-state index contributed by atoms with van der Waals surface area (Å²) in [6, 6.07) is 3.20. The van der Waals surface area contributed by atoms with Crippen LogP contribution in [0, 0.1) is 11.6 Å². The summed E-state index contributed by atoms with van der Waals surface area (Å²) in [5, 5.41) is 2.32. The maximum atomic E-state index is 13.4. The fraction of sp³-hybridized carbons (Fsp3) is 0.167. The number of nitrogens with zero attached hydrogens (tertiary/aromatic N) is 1. The molecule has 1 heterocycles. The van der Waals surface area contributed by atoms with Crippen molar-refractivity contribution in [2.24, 2.45) is 0 Å². The molecule has 0 unspecified atom stereocenters. The first kappa shape index (κ1) is 13.0. The van der Waals surface area contributed by atoms with Gasteiger partial charge in [0.05, 0.1) is 6.61 Å². The van der Waals surface area contributed by atoms with Crippen LogP contribution in [0.15, 0.2) is 28.9 Å². The summed E-state index contributed by atoms with van der Waals surface area (Å²) in [6.07, 6.45) is 1.04. The van der Waals surface area contributed by atoms with E-state index in [0.29, 0.717) is 0 Å². The van der Waals surface area contributed by atoms with Gasteiger partial charge in [-0.05, 0) is 19.1 Å². The minimum absolute atomic E-state index is 0.0823. The van der Waals surface area contributed by atoms with Gasteiger partial charge in [-0.25, -0.2) is 13.6 Å². The summed E-state index contributed by atoms with van der Waals surface area (Å²) in [7, 11) is 0. The number of rotatable bonds is 4. The molecule has 100 valence electrons. The summed E-state index contributed by atoms with van der Waals surface area (Å²) in [4.78, 5) is 15.0. The molecule has 0 aliphatic carbocycles. The van der Waals surface area contributed by atoms with E-state index in [0.717, 1.165) is 18.4 Å². The maximum Gasteiger partial charge on any atom is 0.360 e. The first-order valence-electron chi connectivity index (χ1n) is 5.45. The summed E-state index contributed by atoms with van der Waals surface area (Å²) < 4.78 is 36.3. The number of nitrogens with one attached hydrogen (secondary N) is 1. The van der Waals surface area contributed by atoms with Crippen LogP contribution < -0.4 is 5.32 Å². The number of esters is 1. The standard InChI is InChI=1S/C12H10F2N2O3/c1-2-18-11(17)9-6-19-12(15-9)16-10-7(13)4-3-5-8(10)14/h3-6H,2H2,1H3,(H,15,16). The molecule has 0 bridgehead atoms. The van der Waals surface area contributed by atoms with E-state index in [9.17, 15) is 13.6 Å². The topological polar surface area (TPSA) is 64.4 Å². The lowest BCUT2D eigenvalue weighted by Crippen LogP contribution is -2.05. The van der Waals surface area contributed by atoms with Crippen LogP contribution in [-0.2, 0) is 4.74 Å². The van der Waals surface area contributed by atoms with Gasteiger partial charge in [0.1, 0.15) is 23.6 Å². The van der Waals surface area contributed by atoms with Crippen LogP contribution in [0.25, 0.3) is 0 Å². The van der Waals surface area contributed by atoms with E-state index in [1.165, 1.54) is 6.07 Å². The molecule has 1 aromatic heterocycles. The monoisotopic (exact) mass is 268 g/mol. The van der Waals surface area contributed by atoms with Crippen molar-refractivity contribution in [1.29, 1.82) is 0 Å². The minimum atomic E-state index is -0.795. The Morgan fingerprint density at radius 2 is 2.11 bits per heavy atom. The van der Waals surface area contributed by atoms with E-state index in [2.05, 4.69) is 10.3 Å². The number of para-hydroxylation sites is 1. The highest BCUT2D eigenvalue weighted by molar-refractivity contribution is 5.87. The number of hydrogen-bond donors (Lipinski definition) is 1. The van der Waals surface area contributed by atoms with Crippen LogP contribution in [0.4, 0.5) is 20.5 Å². The van der Waals surface area contributed by atoms with E-state index in [1.54, 1.807) is 6.92 Å². The van der Waals surface area contributed by atoms with Crippen LogP contribution in [0.5, 0.6) is 0 Å². The lowest BCUT2D eigenvalue weighted by molar-refractivity contribution is 0.0519. The third-order valence-corrected chi connectivity index (χ3v) is 2.18. The average Bonchev–Trinajstić information content (AvgIpc) is 2.83. The number of oxazole rings is 1. The molecule has 0 fully saturated rings. The number of hydrogen-bond acceptors (Lipinski definition) is 5. The van der Waals surface area contributed by atoms with Crippen molar-refractivity contribution in [1.82, 2.24) is 4.98 Å². The summed E-state index contributed by atoms with van der Waals surface area (Å²) in [6.45, 7) is 1.84. The van der Waals surface area contributed by atoms with Crippen LogP contribution in [-0.4, -0.2) is 17.6 Å². The highest BCUT2D eigenvalue weighted by atomic mass is 19.1. The van der Waals surface area contributed by atoms with Crippen molar-refractivity contribution in [2.75, 3.05) is 11.9 Å². The van der Waals surface area contributed by atoms with Crippen molar-refractivity contribution >= 4 is 17.7 Å². The number of benzene rings is 1. The quantitative estimate of drug-likeness (QED) is 0.864. The van der Waals surface area contributed by atoms with Crippen molar-refractivity contribution in [3.05, 3.63) is 41.8 Å². The van der Waals surface area contributed by atoms with Gasteiger partial charge in [-0.3, -0.25) is 0 Å². The molecule has 2 rings (SSSR count). The van der Waals surface area contributed by atoms with Crippen LogP contribution >= 0.6 is 0 Å². The summed E-state index contributed by atoms with van der Waals surface area (Å²) in [5.74, 6) is -2.26. The molecular weight excluding hydrogens is 258 g/mol. The molecule has 0 radical (unpaired) electrons. The van der Waals surface area contributed by atoms with Crippen molar-refractivity contribution in [2.45, 2.75) is 6.92 Å². The van der Waals surface area contributed by atoms with E-state index in [4.69, 9.17) is 9.15 Å². The predicted octanol–water partition coefficient (Wildman–Crippen LogP) is 2.87. The highest BCUT2D eigenvalue weighted by Crippen LogP contribution is 2.22. The zero-order chi connectivity index (χ0) is 13.8. The zero-order valence-electron chi connectivity index (χ0n) is 9.94. The van der Waals surface area contributed by atoms with Crippen molar-refractivity contribution in [3.63, 3.8) is 0 Å². The van der Waals surface area contributed by atoms with Crippen LogP contribution in [0.2, 0.25) is 0 Å². The second-order valence-electron chi connectivity index (χ2n) is 3.48. The first-order valence-corrected chi connectivity index (χ1v) is 5.45. The van der Waals surface area contributed by atoms with Gasteiger partial charge in [-0.2, -0.15) is 4.98 Å². The molecule has 0 aliphatic rings. The Labute approximate surface area is 107 Å². The molecule has 5 nitrogen and oxygen atoms in total. The highest BCUT2D eigenvalue weighted by Gasteiger charge is 2.15. The second kappa shape index (κ2) is 5.47. The lowest BCUT2D eigenvalue weighted by Gasteiger charge is -2.03. The third kappa shape index (κ3) is 2.87. The molecule has 0 aliphatic heterocycles. The molecule has 0 amide bonds. The summed E-state index contributed by atoms with van der Waals surface area (Å²) in [5.41, 5.74) is -0.485. The van der Waals surface area contributed by atoms with Gasteiger partial charge in [0.15, 0.2) is 5.69 Å². The summed E-state index contributed by atoms with van der Waals surface area (Å²) >= 11 is 0. The fourth-order valence-electron chi connectivity index (χ4n) is 1.35. The van der Waals surface area contributed by atoms with Gasteiger partial charge >= 0.3 is 5.97 Å². The lowest BCUT2D eigenvalue weighted by atomic mass is 10.3. The number of halogens is 2. The molecule has 0 saturated carbocycles. The molecule has 19 heavy (non-hydrogen) atoms. The Kier molecular flexibility index (Phi) is 3.74. The molecule has 2 aromatic rings. The largest absolute Gasteiger partial charge is 0.461 e. The Hall–Kier alpha value is -2.44. The van der Waals surface area contributed by atoms with Gasteiger partial charge in [0.25, 0.3) is 6.01 Å². The molecule has 7 heteroatoms. The smallest absolute Gasteiger partial charge is 0.360 e. The van der Waals surface area contributed by atoms with E-state index in [-0.39, 0.29) is 18.3 Å². The number of ether oxygens (including phenoxy) is 1. The molecular formula is C12H10F2N2O3. The van der Waals surface area contributed by atoms with E-state index >= 15 is 0 Å². The molecule has 0 atom stereocenters. The average molecular weight is 268 g/mol. The molecule has 0 saturated heterocycles. The van der Waals surface area contributed by atoms with Gasteiger partial charge in [0.2, 0.25) is 0 Å². The van der Waals surface area contributed by atoms with Gasteiger partial charge in [-0.15, -0.1) is 0 Å². The van der Waals surface area contributed by atoms with Gasteiger partial charge in [0, 0.05) is 0 Å². The number of aromatic nitrogens is 1. The van der Waals surface area contributed by atoms with Gasteiger partial charge < -0.3 is 14.5 Å². The first-order chi connectivity index (χ1) is 9.11. The second-order valence-corrected chi connectivity index (χ2v) is 3.48. The van der Waals surface area contributed by atoms with Crippen molar-refractivity contribution < 1.29 is 22.7 Å². The third-order valence-electron chi connectivity index (χ3n) is 2.18. The molecule has 0 spiro atoms. The number of carbonyl (C=O) groups excluding carboxylic acids is 1.